The average molecular weight is 313 g/mol. The van der Waals surface area contributed by atoms with Crippen LogP contribution in [0.3, 0.4) is 0 Å². The number of rotatable bonds is 12. The highest BCUT2D eigenvalue weighted by atomic mass is 16.3. The number of carbonyl (C=O) groups is 1. The second-order valence-electron chi connectivity index (χ2n) is 6.74. The molecule has 1 fully saturated rings. The minimum atomic E-state index is -0.885. The van der Waals surface area contributed by atoms with E-state index in [1.54, 1.807) is 0 Å². The van der Waals surface area contributed by atoms with E-state index in [1.807, 2.05) is 0 Å². The van der Waals surface area contributed by atoms with Crippen LogP contribution in [0.15, 0.2) is 0 Å². The maximum atomic E-state index is 11.4. The molecule has 22 heavy (non-hydrogen) atoms. The third-order valence-electron chi connectivity index (χ3n) is 4.66. The van der Waals surface area contributed by atoms with Crippen LogP contribution in [-0.4, -0.2) is 40.8 Å². The lowest BCUT2D eigenvalue weighted by atomic mass is 9.91. The molecule has 0 radical (unpaired) electrons. The second-order valence-corrected chi connectivity index (χ2v) is 6.74. The molecule has 3 atom stereocenters. The molecule has 0 bridgehead atoms. The average Bonchev–Trinajstić information content (AvgIpc) is 2.51. The van der Waals surface area contributed by atoms with E-state index >= 15 is 0 Å². The van der Waals surface area contributed by atoms with E-state index in [0.717, 1.165) is 25.7 Å². The van der Waals surface area contributed by atoms with E-state index in [1.165, 1.54) is 44.9 Å². The fraction of sp³-hybridized carbons (Fsp3) is 0.944. The number of nitrogens with one attached hydrogen (secondary N) is 1. The van der Waals surface area contributed by atoms with Crippen molar-refractivity contribution in [1.29, 1.82) is 0 Å². The number of carbonyl (C=O) groups excluding carboxylic acids is 1. The zero-order valence-electron chi connectivity index (χ0n) is 14.2. The summed E-state index contributed by atoms with van der Waals surface area (Å²) in [5.41, 5.74) is 0. The van der Waals surface area contributed by atoms with Gasteiger partial charge in [0.1, 0.15) is 6.10 Å². The molecule has 0 aromatic rings. The summed E-state index contributed by atoms with van der Waals surface area (Å²) in [6.45, 7) is 2.71. The Labute approximate surface area is 135 Å². The summed E-state index contributed by atoms with van der Waals surface area (Å²) in [5.74, 6) is -0.0682. The van der Waals surface area contributed by atoms with Crippen LogP contribution in [0, 0.1) is 0 Å². The van der Waals surface area contributed by atoms with Gasteiger partial charge in [-0.25, -0.2) is 0 Å². The van der Waals surface area contributed by atoms with Gasteiger partial charge in [0.25, 0.3) is 0 Å². The van der Waals surface area contributed by atoms with Crippen molar-refractivity contribution in [3.05, 3.63) is 0 Å². The molecule has 1 saturated carbocycles. The minimum Gasteiger partial charge on any atom is -0.392 e. The predicted molar refractivity (Wildman–Crippen MR) is 89.9 cm³/mol. The number of aliphatic hydroxyl groups excluding tert-OH is 2. The molecule has 0 aromatic carbocycles. The van der Waals surface area contributed by atoms with Crippen LogP contribution in [0.1, 0.15) is 84.0 Å². The van der Waals surface area contributed by atoms with Gasteiger partial charge in [-0.2, -0.15) is 0 Å². The first-order chi connectivity index (χ1) is 10.6. The number of hydrogen-bond acceptors (Lipinski definition) is 4. The van der Waals surface area contributed by atoms with E-state index in [4.69, 9.17) is 0 Å². The van der Waals surface area contributed by atoms with Gasteiger partial charge in [0.15, 0.2) is 5.78 Å². The third-order valence-corrected chi connectivity index (χ3v) is 4.66. The van der Waals surface area contributed by atoms with Crippen LogP contribution in [-0.2, 0) is 4.79 Å². The van der Waals surface area contributed by atoms with E-state index in [-0.39, 0.29) is 17.9 Å². The van der Waals surface area contributed by atoms with E-state index in [2.05, 4.69) is 12.2 Å². The quantitative estimate of drug-likeness (QED) is 0.485. The van der Waals surface area contributed by atoms with E-state index in [9.17, 15) is 15.0 Å². The molecule has 0 aromatic heterocycles. The molecular weight excluding hydrogens is 278 g/mol. The Bertz CT molecular complexity index is 296. The Morgan fingerprint density at radius 2 is 1.77 bits per heavy atom. The summed E-state index contributed by atoms with van der Waals surface area (Å²) in [5, 5.41) is 22.9. The molecule has 1 aliphatic carbocycles. The molecule has 3 unspecified atom stereocenters. The maximum absolute atomic E-state index is 11.4. The second kappa shape index (κ2) is 12.0. The molecule has 0 aliphatic heterocycles. The summed E-state index contributed by atoms with van der Waals surface area (Å²) in [4.78, 5) is 11.4. The van der Waals surface area contributed by atoms with E-state index in [0.29, 0.717) is 13.0 Å². The molecule has 4 heteroatoms. The van der Waals surface area contributed by atoms with Gasteiger partial charge < -0.3 is 15.5 Å². The molecule has 3 N–H and O–H groups in total. The van der Waals surface area contributed by atoms with Crippen LogP contribution >= 0.6 is 0 Å². The molecule has 4 nitrogen and oxygen atoms in total. The molecule has 0 spiro atoms. The zero-order chi connectivity index (χ0) is 16.2. The fourth-order valence-electron chi connectivity index (χ4n) is 3.14. The van der Waals surface area contributed by atoms with Crippen LogP contribution in [0.2, 0.25) is 0 Å². The Hall–Kier alpha value is -0.450. The Morgan fingerprint density at radius 1 is 1.14 bits per heavy atom. The minimum absolute atomic E-state index is 0.0682. The first kappa shape index (κ1) is 19.6. The van der Waals surface area contributed by atoms with Crippen molar-refractivity contribution in [2.24, 2.45) is 0 Å². The van der Waals surface area contributed by atoms with Crippen molar-refractivity contribution in [1.82, 2.24) is 5.32 Å². The highest BCUT2D eigenvalue weighted by molar-refractivity contribution is 5.84. The predicted octanol–water partition coefficient (Wildman–Crippen LogP) is 2.95. The van der Waals surface area contributed by atoms with Crippen molar-refractivity contribution in [3.8, 4) is 0 Å². The lowest BCUT2D eigenvalue weighted by molar-refractivity contribution is -0.130. The van der Waals surface area contributed by atoms with Gasteiger partial charge in [-0.05, 0) is 19.3 Å². The van der Waals surface area contributed by atoms with Gasteiger partial charge in [0.2, 0.25) is 0 Å². The van der Waals surface area contributed by atoms with Crippen LogP contribution in [0.25, 0.3) is 0 Å². The standard InChI is InChI=1S/C18H35NO3/c1-2-3-4-5-6-7-8-9-11-15(20)14-19-16-12-10-13-17(21)18(16)22/h15-16,18-20,22H,2-14H2,1H3. The van der Waals surface area contributed by atoms with Gasteiger partial charge in [-0.1, -0.05) is 58.3 Å². The van der Waals surface area contributed by atoms with Gasteiger partial charge in [0, 0.05) is 19.0 Å². The van der Waals surface area contributed by atoms with Crippen molar-refractivity contribution < 1.29 is 15.0 Å². The summed E-state index contributed by atoms with van der Waals surface area (Å²) >= 11 is 0. The van der Waals surface area contributed by atoms with Gasteiger partial charge in [-0.15, -0.1) is 0 Å². The number of hydrogen-bond donors (Lipinski definition) is 3. The molecule has 130 valence electrons. The summed E-state index contributed by atoms with van der Waals surface area (Å²) in [7, 11) is 0. The molecule has 0 saturated heterocycles. The highest BCUT2D eigenvalue weighted by Crippen LogP contribution is 2.16. The van der Waals surface area contributed by atoms with Crippen molar-refractivity contribution in [2.45, 2.75) is 102 Å². The van der Waals surface area contributed by atoms with Crippen molar-refractivity contribution >= 4 is 5.78 Å². The Kier molecular flexibility index (Phi) is 10.7. The molecule has 0 amide bonds. The molecule has 1 aliphatic rings. The number of Topliss-reactive ketones (excluding diaryl/α,β-unsaturated/α-hetero) is 1. The SMILES string of the molecule is CCCCCCCCCCC(O)CNC1CCCC(=O)C1O. The lowest BCUT2D eigenvalue weighted by Crippen LogP contribution is -2.49. The Balaban J connectivity index is 1.97. The van der Waals surface area contributed by atoms with Crippen LogP contribution < -0.4 is 5.32 Å². The maximum Gasteiger partial charge on any atom is 0.162 e. The highest BCUT2D eigenvalue weighted by Gasteiger charge is 2.29. The summed E-state index contributed by atoms with van der Waals surface area (Å²) in [6.07, 6.45) is 11.8. The molecule has 1 rings (SSSR count). The van der Waals surface area contributed by atoms with Gasteiger partial charge in [0.05, 0.1) is 6.10 Å². The first-order valence-corrected chi connectivity index (χ1v) is 9.27. The fourth-order valence-corrected chi connectivity index (χ4v) is 3.14. The molecule has 0 heterocycles. The van der Waals surface area contributed by atoms with Crippen LogP contribution in [0.4, 0.5) is 0 Å². The van der Waals surface area contributed by atoms with Gasteiger partial charge >= 0.3 is 0 Å². The zero-order valence-corrected chi connectivity index (χ0v) is 14.2. The topological polar surface area (TPSA) is 69.6 Å². The van der Waals surface area contributed by atoms with Crippen molar-refractivity contribution in [2.75, 3.05) is 6.54 Å². The van der Waals surface area contributed by atoms with Gasteiger partial charge in [-0.3, -0.25) is 4.79 Å². The lowest BCUT2D eigenvalue weighted by Gasteiger charge is -2.28. The monoisotopic (exact) mass is 313 g/mol. The normalized spacial score (nSPS) is 23.7. The number of aliphatic hydroxyl groups is 2. The third kappa shape index (κ3) is 8.25. The molecular formula is C18H35NO3. The number of unbranched alkanes of at least 4 members (excludes halogenated alkanes) is 7. The summed E-state index contributed by atoms with van der Waals surface area (Å²) < 4.78 is 0. The smallest absolute Gasteiger partial charge is 0.162 e. The largest absolute Gasteiger partial charge is 0.392 e. The first-order valence-electron chi connectivity index (χ1n) is 9.27. The van der Waals surface area contributed by atoms with E-state index < -0.39 is 6.10 Å². The van der Waals surface area contributed by atoms with Crippen LogP contribution in [0.5, 0.6) is 0 Å². The summed E-state index contributed by atoms with van der Waals surface area (Å²) in [6, 6.07) is -0.172. The Morgan fingerprint density at radius 3 is 2.45 bits per heavy atom. The number of ketones is 1. The van der Waals surface area contributed by atoms with Crippen molar-refractivity contribution in [3.63, 3.8) is 0 Å².